The Morgan fingerprint density at radius 2 is 1.72 bits per heavy atom. The smallest absolute Gasteiger partial charge is 0.238 e. The summed E-state index contributed by atoms with van der Waals surface area (Å²) in [7, 11) is 0. The van der Waals surface area contributed by atoms with Crippen LogP contribution in [0.4, 0.5) is 5.69 Å². The summed E-state index contributed by atoms with van der Waals surface area (Å²) in [6.45, 7) is 8.33. The van der Waals surface area contributed by atoms with Crippen molar-refractivity contribution in [3.63, 3.8) is 0 Å². The fourth-order valence-electron chi connectivity index (χ4n) is 3.44. The molecule has 0 aliphatic heterocycles. The monoisotopic (exact) mass is 410 g/mol. The number of aryl methyl sites for hydroxylation is 1. The van der Waals surface area contributed by atoms with Gasteiger partial charge >= 0.3 is 0 Å². The average Bonchev–Trinajstić information content (AvgIpc) is 2.98. The molecule has 1 heterocycles. The number of nitrogens with zero attached hydrogens (tertiary/aromatic N) is 2. The summed E-state index contributed by atoms with van der Waals surface area (Å²) in [5, 5.41) is 11.7. The molecular weight excluding hydrogens is 384 g/mol. The second-order valence-corrected chi connectivity index (χ2v) is 7.93. The zero-order chi connectivity index (χ0) is 21.0. The molecule has 0 spiro atoms. The van der Waals surface area contributed by atoms with Crippen molar-refractivity contribution in [3.8, 4) is 5.69 Å². The Morgan fingerprint density at radius 3 is 2.34 bits per heavy atom. The maximum absolute atomic E-state index is 12.6. The molecule has 2 aromatic carbocycles. The Labute approximate surface area is 177 Å². The molecule has 0 aliphatic rings. The normalized spacial score (nSPS) is 12.2. The van der Waals surface area contributed by atoms with Crippen LogP contribution in [0.15, 0.2) is 54.6 Å². The lowest BCUT2D eigenvalue weighted by Crippen LogP contribution is -2.33. The minimum atomic E-state index is -0.0941. The number of hydrogen-bond acceptors (Lipinski definition) is 3. The van der Waals surface area contributed by atoms with E-state index in [0.29, 0.717) is 10.9 Å². The minimum Gasteiger partial charge on any atom is -0.322 e. The van der Waals surface area contributed by atoms with Gasteiger partial charge < -0.3 is 10.6 Å². The highest BCUT2D eigenvalue weighted by molar-refractivity contribution is 6.30. The third kappa shape index (κ3) is 5.05. The maximum Gasteiger partial charge on any atom is 0.238 e. The number of benzene rings is 2. The fourth-order valence-corrected chi connectivity index (χ4v) is 3.57. The van der Waals surface area contributed by atoms with Crippen molar-refractivity contribution in [2.75, 3.05) is 11.9 Å². The van der Waals surface area contributed by atoms with Gasteiger partial charge in [0.25, 0.3) is 0 Å². The fraction of sp³-hybridized carbons (Fsp3) is 0.304. The van der Waals surface area contributed by atoms with E-state index < -0.39 is 0 Å². The second kappa shape index (κ2) is 9.25. The molecule has 0 radical (unpaired) electrons. The van der Waals surface area contributed by atoms with Crippen molar-refractivity contribution >= 4 is 23.2 Å². The van der Waals surface area contributed by atoms with Crippen molar-refractivity contribution < 1.29 is 4.79 Å². The van der Waals surface area contributed by atoms with E-state index in [1.807, 2.05) is 73.1 Å². The summed E-state index contributed by atoms with van der Waals surface area (Å²) in [6.07, 6.45) is 0. The minimum absolute atomic E-state index is 0.0623. The lowest BCUT2D eigenvalue weighted by molar-refractivity contribution is -0.115. The van der Waals surface area contributed by atoms with E-state index in [-0.39, 0.29) is 18.5 Å². The molecule has 0 aliphatic carbocycles. The Kier molecular flexibility index (Phi) is 6.72. The Balaban J connectivity index is 1.69. The predicted octanol–water partition coefficient (Wildman–Crippen LogP) is 5.07. The summed E-state index contributed by atoms with van der Waals surface area (Å²) in [5.41, 5.74) is 4.53. The average molecular weight is 411 g/mol. The number of hydrogen-bond donors (Lipinski definition) is 2. The highest BCUT2D eigenvalue weighted by atomic mass is 35.5. The van der Waals surface area contributed by atoms with Gasteiger partial charge in [-0.1, -0.05) is 55.8 Å². The summed E-state index contributed by atoms with van der Waals surface area (Å²) in [4.78, 5) is 12.6. The standard InChI is InChI=1S/C23H27ClN4O/c1-15(2)22(18-10-12-19(24)13-11-18)25-14-21(29)26-23-16(3)27-28(17(23)4)20-8-6-5-7-9-20/h5-13,15,22,25H,14H2,1-4H3,(H,26,29). The predicted molar refractivity (Wildman–Crippen MR) is 119 cm³/mol. The maximum atomic E-state index is 12.6. The van der Waals surface area contributed by atoms with Crippen molar-refractivity contribution in [1.29, 1.82) is 0 Å². The van der Waals surface area contributed by atoms with E-state index >= 15 is 0 Å². The third-order valence-corrected chi connectivity index (χ3v) is 5.19. The topological polar surface area (TPSA) is 59.0 Å². The van der Waals surface area contributed by atoms with Crippen LogP contribution in [0.1, 0.15) is 36.8 Å². The number of carbonyl (C=O) groups excluding carboxylic acids is 1. The largest absolute Gasteiger partial charge is 0.322 e. The van der Waals surface area contributed by atoms with E-state index in [0.717, 1.165) is 28.3 Å². The quantitative estimate of drug-likeness (QED) is 0.571. The number of rotatable bonds is 7. The van der Waals surface area contributed by atoms with Crippen LogP contribution in [0.2, 0.25) is 5.02 Å². The molecule has 5 nitrogen and oxygen atoms in total. The van der Waals surface area contributed by atoms with E-state index in [1.165, 1.54) is 0 Å². The molecule has 1 atom stereocenters. The van der Waals surface area contributed by atoms with Crippen molar-refractivity contribution in [2.24, 2.45) is 5.92 Å². The Morgan fingerprint density at radius 1 is 1.07 bits per heavy atom. The number of aromatic nitrogens is 2. The van der Waals surface area contributed by atoms with E-state index in [2.05, 4.69) is 29.6 Å². The first-order valence-corrected chi connectivity index (χ1v) is 10.1. The zero-order valence-electron chi connectivity index (χ0n) is 17.2. The van der Waals surface area contributed by atoms with Crippen LogP contribution in [0, 0.1) is 19.8 Å². The van der Waals surface area contributed by atoms with Gasteiger partial charge in [-0.3, -0.25) is 4.79 Å². The Hall–Kier alpha value is -2.63. The highest BCUT2D eigenvalue weighted by Gasteiger charge is 2.19. The van der Waals surface area contributed by atoms with Crippen molar-refractivity contribution in [2.45, 2.75) is 33.7 Å². The molecular formula is C23H27ClN4O. The van der Waals surface area contributed by atoms with E-state index in [1.54, 1.807) is 0 Å². The number of amides is 1. The van der Waals surface area contributed by atoms with Gasteiger partial charge in [-0.25, -0.2) is 4.68 Å². The molecule has 1 unspecified atom stereocenters. The highest BCUT2D eigenvalue weighted by Crippen LogP contribution is 2.24. The summed E-state index contributed by atoms with van der Waals surface area (Å²) in [6, 6.07) is 17.7. The van der Waals surface area contributed by atoms with Gasteiger partial charge in [0.1, 0.15) is 0 Å². The van der Waals surface area contributed by atoms with Crippen LogP contribution in [-0.4, -0.2) is 22.2 Å². The molecule has 0 saturated carbocycles. The van der Waals surface area contributed by atoms with Crippen LogP contribution < -0.4 is 10.6 Å². The summed E-state index contributed by atoms with van der Waals surface area (Å²) < 4.78 is 1.85. The molecule has 1 aromatic heterocycles. The van der Waals surface area contributed by atoms with Gasteiger partial charge in [0.05, 0.1) is 29.3 Å². The van der Waals surface area contributed by atoms with E-state index in [9.17, 15) is 4.79 Å². The molecule has 0 fully saturated rings. The van der Waals surface area contributed by atoms with Crippen molar-refractivity contribution in [3.05, 3.63) is 76.6 Å². The van der Waals surface area contributed by atoms with Crippen LogP contribution in [0.5, 0.6) is 0 Å². The summed E-state index contributed by atoms with van der Waals surface area (Å²) in [5.74, 6) is 0.233. The molecule has 3 rings (SSSR count). The first kappa shape index (κ1) is 21.1. The first-order valence-electron chi connectivity index (χ1n) is 9.77. The third-order valence-electron chi connectivity index (χ3n) is 4.93. The lowest BCUT2D eigenvalue weighted by Gasteiger charge is -2.23. The molecule has 6 heteroatoms. The van der Waals surface area contributed by atoms with Gasteiger partial charge in [-0.15, -0.1) is 0 Å². The first-order chi connectivity index (χ1) is 13.9. The second-order valence-electron chi connectivity index (χ2n) is 7.50. The molecule has 152 valence electrons. The van der Waals surface area contributed by atoms with E-state index in [4.69, 9.17) is 11.6 Å². The molecule has 2 N–H and O–H groups in total. The van der Waals surface area contributed by atoms with Crippen LogP contribution in [0.25, 0.3) is 5.69 Å². The Bertz CT molecular complexity index is 965. The number of carbonyl (C=O) groups is 1. The van der Waals surface area contributed by atoms with Crippen LogP contribution in [-0.2, 0) is 4.79 Å². The molecule has 0 saturated heterocycles. The van der Waals surface area contributed by atoms with Gasteiger partial charge in [-0.2, -0.15) is 5.10 Å². The molecule has 3 aromatic rings. The van der Waals surface area contributed by atoms with Crippen LogP contribution >= 0.6 is 11.6 Å². The lowest BCUT2D eigenvalue weighted by atomic mass is 9.96. The SMILES string of the molecule is Cc1nn(-c2ccccc2)c(C)c1NC(=O)CNC(c1ccc(Cl)cc1)C(C)C. The molecule has 0 bridgehead atoms. The number of halogens is 1. The molecule has 1 amide bonds. The van der Waals surface area contributed by atoms with Gasteiger partial charge in [-0.05, 0) is 49.6 Å². The number of nitrogens with one attached hydrogen (secondary N) is 2. The zero-order valence-corrected chi connectivity index (χ0v) is 18.0. The van der Waals surface area contributed by atoms with Gasteiger partial charge in [0.2, 0.25) is 5.91 Å². The van der Waals surface area contributed by atoms with Gasteiger partial charge in [0, 0.05) is 11.1 Å². The van der Waals surface area contributed by atoms with Crippen molar-refractivity contribution in [1.82, 2.24) is 15.1 Å². The summed E-state index contributed by atoms with van der Waals surface area (Å²) >= 11 is 6.00. The molecule has 29 heavy (non-hydrogen) atoms. The number of anilines is 1. The van der Waals surface area contributed by atoms with Crippen LogP contribution in [0.3, 0.4) is 0 Å². The van der Waals surface area contributed by atoms with Gasteiger partial charge in [0.15, 0.2) is 0 Å². The number of para-hydroxylation sites is 1.